The molecule has 0 bridgehead atoms. The van der Waals surface area contributed by atoms with Gasteiger partial charge in [-0.3, -0.25) is 9.59 Å². The van der Waals surface area contributed by atoms with E-state index in [-0.39, 0.29) is 12.0 Å². The van der Waals surface area contributed by atoms with Crippen molar-refractivity contribution >= 4 is 17.8 Å². The summed E-state index contributed by atoms with van der Waals surface area (Å²) in [6.07, 6.45) is -1.07. The Hall–Kier alpha value is -1.85. The van der Waals surface area contributed by atoms with Crippen LogP contribution < -0.4 is 11.1 Å². The van der Waals surface area contributed by atoms with Gasteiger partial charge in [-0.25, -0.2) is 4.79 Å². The largest absolute Gasteiger partial charge is 0.453 e. The lowest BCUT2D eigenvalue weighted by Crippen LogP contribution is -2.43. The summed E-state index contributed by atoms with van der Waals surface area (Å²) in [5.41, 5.74) is 5.17. The van der Waals surface area contributed by atoms with Crippen LogP contribution in [0.2, 0.25) is 0 Å². The van der Waals surface area contributed by atoms with E-state index < -0.39 is 23.8 Å². The van der Waals surface area contributed by atoms with Crippen LogP contribution in [0.5, 0.6) is 0 Å². The van der Waals surface area contributed by atoms with Crippen LogP contribution in [0, 0.1) is 0 Å². The van der Waals surface area contributed by atoms with Crippen LogP contribution in [0.25, 0.3) is 0 Å². The minimum atomic E-state index is -1.01. The molecule has 0 aliphatic carbocycles. The summed E-state index contributed by atoms with van der Waals surface area (Å²) < 4.78 is 4.31. The number of carbonyl (C=O) groups is 3. The molecule has 0 rings (SSSR count). The third-order valence-electron chi connectivity index (χ3n) is 1.62. The molecule has 0 aromatic carbocycles. The van der Waals surface area contributed by atoms with E-state index in [4.69, 9.17) is 5.73 Å². The van der Waals surface area contributed by atoms with E-state index in [2.05, 4.69) is 16.6 Å². The number of Topliss-reactive ketones (excluding diaryl/α,β-unsaturated/α-hetero) is 1. The van der Waals surface area contributed by atoms with Gasteiger partial charge in [0.1, 0.15) is 6.04 Å². The van der Waals surface area contributed by atoms with Gasteiger partial charge < -0.3 is 15.8 Å². The number of amides is 2. The highest BCUT2D eigenvalue weighted by Gasteiger charge is 2.23. The molecule has 3 N–H and O–H groups in total. The zero-order chi connectivity index (χ0) is 12.0. The van der Waals surface area contributed by atoms with E-state index in [1.54, 1.807) is 0 Å². The topological polar surface area (TPSA) is 98.5 Å². The molecule has 6 heteroatoms. The van der Waals surface area contributed by atoms with Crippen molar-refractivity contribution in [3.8, 4) is 0 Å². The molecule has 0 fully saturated rings. The van der Waals surface area contributed by atoms with Gasteiger partial charge in [0.25, 0.3) is 0 Å². The van der Waals surface area contributed by atoms with Crippen LogP contribution in [0.4, 0.5) is 4.79 Å². The highest BCUT2D eigenvalue weighted by atomic mass is 16.5. The Morgan fingerprint density at radius 3 is 2.33 bits per heavy atom. The summed E-state index contributed by atoms with van der Waals surface area (Å²) in [7, 11) is 1.15. The minimum Gasteiger partial charge on any atom is -0.453 e. The van der Waals surface area contributed by atoms with Crippen molar-refractivity contribution in [2.45, 2.75) is 19.4 Å². The average Bonchev–Trinajstić information content (AvgIpc) is 2.14. The molecule has 0 spiro atoms. The summed E-state index contributed by atoms with van der Waals surface area (Å²) in [4.78, 5) is 33.0. The number of primary amides is 1. The minimum absolute atomic E-state index is 0.234. The average molecular weight is 214 g/mol. The van der Waals surface area contributed by atoms with Crippen molar-refractivity contribution in [2.75, 3.05) is 7.11 Å². The molecule has 0 aliphatic rings. The van der Waals surface area contributed by atoms with Gasteiger partial charge in [0.15, 0.2) is 5.78 Å². The highest BCUT2D eigenvalue weighted by Crippen LogP contribution is 2.01. The summed E-state index contributed by atoms with van der Waals surface area (Å²) in [5.74, 6) is -1.13. The fraction of sp³-hybridized carbons (Fsp3) is 0.444. The van der Waals surface area contributed by atoms with Gasteiger partial charge in [0, 0.05) is 0 Å². The van der Waals surface area contributed by atoms with Crippen LogP contribution in [0.1, 0.15) is 13.3 Å². The Bertz CT molecular complexity index is 298. The van der Waals surface area contributed by atoms with Crippen LogP contribution in [0.15, 0.2) is 12.2 Å². The van der Waals surface area contributed by atoms with Gasteiger partial charge in [-0.05, 0) is 12.5 Å². The van der Waals surface area contributed by atoms with E-state index in [0.29, 0.717) is 0 Å². The van der Waals surface area contributed by atoms with Crippen LogP contribution in [0.3, 0.4) is 0 Å². The predicted molar refractivity (Wildman–Crippen MR) is 53.0 cm³/mol. The monoisotopic (exact) mass is 214 g/mol. The fourth-order valence-electron chi connectivity index (χ4n) is 0.909. The molecule has 0 heterocycles. The second kappa shape index (κ2) is 5.79. The standard InChI is InChI=1S/C9H14N2O4/c1-5(2)8(13)6(4-7(10)12)11-9(14)15-3/h6H,1,4H2,2-3H3,(H2,10,12)(H,11,14)/t6-/m0/s1. The zero-order valence-corrected chi connectivity index (χ0v) is 8.70. The highest BCUT2D eigenvalue weighted by molar-refractivity contribution is 6.02. The molecule has 0 unspecified atom stereocenters. The normalized spacial score (nSPS) is 11.3. The number of nitrogens with two attached hydrogens (primary N) is 1. The molecule has 15 heavy (non-hydrogen) atoms. The van der Waals surface area contributed by atoms with Gasteiger partial charge in [-0.2, -0.15) is 0 Å². The summed E-state index contributed by atoms with van der Waals surface area (Å²) in [5, 5.41) is 2.21. The predicted octanol–water partition coefficient (Wildman–Crippen LogP) is -0.268. The Morgan fingerprint density at radius 1 is 1.47 bits per heavy atom. The molecule has 6 nitrogen and oxygen atoms in total. The molecule has 2 amide bonds. The second-order valence-corrected chi connectivity index (χ2v) is 3.00. The maximum atomic E-state index is 11.5. The quantitative estimate of drug-likeness (QED) is 0.615. The molecule has 0 radical (unpaired) electrons. The van der Waals surface area contributed by atoms with Gasteiger partial charge in [0.2, 0.25) is 5.91 Å². The number of alkyl carbamates (subject to hydrolysis) is 1. The number of hydrogen-bond donors (Lipinski definition) is 2. The van der Waals surface area contributed by atoms with Crippen molar-refractivity contribution in [1.82, 2.24) is 5.32 Å². The van der Waals surface area contributed by atoms with Crippen molar-refractivity contribution in [3.63, 3.8) is 0 Å². The Labute approximate surface area is 87.5 Å². The second-order valence-electron chi connectivity index (χ2n) is 3.00. The van der Waals surface area contributed by atoms with Crippen LogP contribution in [-0.2, 0) is 14.3 Å². The van der Waals surface area contributed by atoms with Crippen molar-refractivity contribution in [1.29, 1.82) is 0 Å². The lowest BCUT2D eigenvalue weighted by atomic mass is 10.0. The smallest absolute Gasteiger partial charge is 0.407 e. The summed E-state index contributed by atoms with van der Waals surface area (Å²) in [6.45, 7) is 4.90. The van der Waals surface area contributed by atoms with E-state index in [1.807, 2.05) is 0 Å². The first-order chi connectivity index (χ1) is 6.88. The lowest BCUT2D eigenvalue weighted by molar-refractivity contribution is -0.123. The van der Waals surface area contributed by atoms with Crippen LogP contribution >= 0.6 is 0 Å². The number of nitrogens with one attached hydrogen (secondary N) is 1. The third kappa shape index (κ3) is 4.80. The molecular weight excluding hydrogens is 200 g/mol. The van der Waals surface area contributed by atoms with E-state index in [0.717, 1.165) is 7.11 Å². The zero-order valence-electron chi connectivity index (χ0n) is 8.70. The number of hydrogen-bond acceptors (Lipinski definition) is 4. The van der Waals surface area contributed by atoms with E-state index in [9.17, 15) is 14.4 Å². The molecule has 0 aliphatic heterocycles. The summed E-state index contributed by atoms with van der Waals surface area (Å²) in [6, 6.07) is -1.01. The number of carbonyl (C=O) groups excluding carboxylic acids is 3. The first kappa shape index (κ1) is 13.2. The van der Waals surface area contributed by atoms with Crippen molar-refractivity contribution in [3.05, 3.63) is 12.2 Å². The number of rotatable bonds is 5. The van der Waals surface area contributed by atoms with Gasteiger partial charge in [0.05, 0.1) is 13.5 Å². The fourth-order valence-corrected chi connectivity index (χ4v) is 0.909. The number of ketones is 1. The van der Waals surface area contributed by atoms with Crippen molar-refractivity contribution < 1.29 is 19.1 Å². The van der Waals surface area contributed by atoms with E-state index >= 15 is 0 Å². The lowest BCUT2D eigenvalue weighted by Gasteiger charge is -2.14. The SMILES string of the molecule is C=C(C)C(=O)[C@H](CC(N)=O)NC(=O)OC. The first-order valence-electron chi connectivity index (χ1n) is 4.21. The number of methoxy groups -OCH3 is 1. The third-order valence-corrected chi connectivity index (χ3v) is 1.62. The maximum absolute atomic E-state index is 11.5. The summed E-state index contributed by atoms with van der Waals surface area (Å²) >= 11 is 0. The molecular formula is C9H14N2O4. The Kier molecular flexibility index (Phi) is 5.08. The van der Waals surface area contributed by atoms with E-state index in [1.165, 1.54) is 6.92 Å². The molecule has 0 saturated heterocycles. The molecule has 84 valence electrons. The van der Waals surface area contributed by atoms with Gasteiger partial charge in [-0.15, -0.1) is 0 Å². The van der Waals surface area contributed by atoms with Crippen molar-refractivity contribution in [2.24, 2.45) is 5.73 Å². The molecule has 0 aromatic rings. The molecule has 0 saturated carbocycles. The maximum Gasteiger partial charge on any atom is 0.407 e. The Morgan fingerprint density at radius 2 is 2.00 bits per heavy atom. The van der Waals surface area contributed by atoms with Gasteiger partial charge >= 0.3 is 6.09 Å². The Balaban J connectivity index is 4.57. The van der Waals surface area contributed by atoms with Crippen LogP contribution in [-0.4, -0.2) is 30.9 Å². The molecule has 1 atom stereocenters. The molecule has 0 aromatic heterocycles. The first-order valence-corrected chi connectivity index (χ1v) is 4.21. The number of ether oxygens (including phenoxy) is 1. The van der Waals surface area contributed by atoms with Gasteiger partial charge in [-0.1, -0.05) is 6.58 Å².